The second-order valence-electron chi connectivity index (χ2n) is 4.82. The second kappa shape index (κ2) is 4.28. The molecule has 1 heterocycles. The quantitative estimate of drug-likeness (QED) is 0.694. The Morgan fingerprint density at radius 3 is 2.64 bits per heavy atom. The van der Waals surface area contributed by atoms with E-state index in [-0.39, 0.29) is 11.5 Å². The molecule has 0 aliphatic carbocycles. The summed E-state index contributed by atoms with van der Waals surface area (Å²) >= 11 is 0. The summed E-state index contributed by atoms with van der Waals surface area (Å²) in [6.45, 7) is 6.53. The molecule has 3 N–H and O–H groups in total. The molecule has 0 aromatic heterocycles. The van der Waals surface area contributed by atoms with Crippen molar-refractivity contribution in [1.82, 2.24) is 4.90 Å². The van der Waals surface area contributed by atoms with Gasteiger partial charge in [-0.1, -0.05) is 13.8 Å². The van der Waals surface area contributed by atoms with Gasteiger partial charge in [0.1, 0.15) is 6.04 Å². The van der Waals surface area contributed by atoms with E-state index in [1.807, 2.05) is 4.90 Å². The van der Waals surface area contributed by atoms with E-state index in [2.05, 4.69) is 13.8 Å². The lowest BCUT2D eigenvalue weighted by Crippen LogP contribution is -2.41. The average Bonchev–Trinajstić information content (AvgIpc) is 2.41. The van der Waals surface area contributed by atoms with Crippen LogP contribution in [0.3, 0.4) is 0 Å². The fourth-order valence-electron chi connectivity index (χ4n) is 2.04. The molecule has 0 amide bonds. The lowest BCUT2D eigenvalue weighted by molar-refractivity contribution is -0.143. The van der Waals surface area contributed by atoms with E-state index in [0.29, 0.717) is 13.0 Å². The highest BCUT2D eigenvalue weighted by atomic mass is 16.4. The van der Waals surface area contributed by atoms with Crippen LogP contribution in [0, 0.1) is 5.41 Å². The third-order valence-electron chi connectivity index (χ3n) is 2.87. The summed E-state index contributed by atoms with van der Waals surface area (Å²) in [5, 5.41) is 9.04. The lowest BCUT2D eigenvalue weighted by atomic mass is 9.93. The van der Waals surface area contributed by atoms with Crippen LogP contribution >= 0.6 is 0 Å². The molecule has 0 bridgehead atoms. The number of rotatable bonds is 4. The first-order chi connectivity index (χ1) is 6.46. The standard InChI is InChI=1S/C10H20N2O2/c1-10(2)4-6-12(7-10)8(3-5-11)9(13)14/h8H,3-7,11H2,1-2H3,(H,13,14). The maximum Gasteiger partial charge on any atom is 0.320 e. The fraction of sp³-hybridized carbons (Fsp3) is 0.900. The first kappa shape index (κ1) is 11.5. The Morgan fingerprint density at radius 1 is 1.64 bits per heavy atom. The van der Waals surface area contributed by atoms with Gasteiger partial charge >= 0.3 is 5.97 Å². The number of carboxylic acids is 1. The van der Waals surface area contributed by atoms with Gasteiger partial charge < -0.3 is 10.8 Å². The molecule has 0 aromatic carbocycles. The van der Waals surface area contributed by atoms with Gasteiger partial charge in [-0.2, -0.15) is 0 Å². The zero-order valence-corrected chi connectivity index (χ0v) is 8.99. The number of carboxylic acid groups (broad SMARTS) is 1. The van der Waals surface area contributed by atoms with Gasteiger partial charge in [-0.3, -0.25) is 9.69 Å². The molecule has 82 valence electrons. The predicted octanol–water partition coefficient (Wildman–Crippen LogP) is 0.520. The van der Waals surface area contributed by atoms with Crippen LogP contribution in [0.2, 0.25) is 0 Å². The summed E-state index contributed by atoms with van der Waals surface area (Å²) in [5.41, 5.74) is 5.66. The van der Waals surface area contributed by atoms with Crippen molar-refractivity contribution in [1.29, 1.82) is 0 Å². The Morgan fingerprint density at radius 2 is 2.29 bits per heavy atom. The first-order valence-corrected chi connectivity index (χ1v) is 5.13. The van der Waals surface area contributed by atoms with Crippen molar-refractivity contribution in [3.63, 3.8) is 0 Å². The summed E-state index contributed by atoms with van der Waals surface area (Å²) < 4.78 is 0. The molecule has 4 heteroatoms. The number of nitrogens with zero attached hydrogens (tertiary/aromatic N) is 1. The largest absolute Gasteiger partial charge is 0.480 e. The zero-order valence-electron chi connectivity index (χ0n) is 8.99. The number of aliphatic carboxylic acids is 1. The van der Waals surface area contributed by atoms with Crippen molar-refractivity contribution < 1.29 is 9.90 Å². The minimum atomic E-state index is -0.742. The highest BCUT2D eigenvalue weighted by Crippen LogP contribution is 2.30. The van der Waals surface area contributed by atoms with Crippen molar-refractivity contribution in [2.75, 3.05) is 19.6 Å². The minimum absolute atomic E-state index is 0.252. The van der Waals surface area contributed by atoms with E-state index in [1.54, 1.807) is 0 Å². The van der Waals surface area contributed by atoms with Crippen LogP contribution in [-0.4, -0.2) is 41.7 Å². The second-order valence-corrected chi connectivity index (χ2v) is 4.82. The summed E-state index contributed by atoms with van der Waals surface area (Å²) in [6.07, 6.45) is 1.62. The highest BCUT2D eigenvalue weighted by molar-refractivity contribution is 5.73. The van der Waals surface area contributed by atoms with Crippen LogP contribution in [0.1, 0.15) is 26.7 Å². The SMILES string of the molecule is CC1(C)CCN(C(CCN)C(=O)O)C1. The van der Waals surface area contributed by atoms with Crippen LogP contribution in [0.15, 0.2) is 0 Å². The maximum absolute atomic E-state index is 11.0. The van der Waals surface area contributed by atoms with Gasteiger partial charge in [0.2, 0.25) is 0 Å². The molecule has 0 aromatic rings. The normalized spacial score (nSPS) is 23.6. The summed E-state index contributed by atoms with van der Waals surface area (Å²) in [5.74, 6) is -0.742. The van der Waals surface area contributed by atoms with E-state index < -0.39 is 5.97 Å². The van der Waals surface area contributed by atoms with Crippen molar-refractivity contribution in [2.45, 2.75) is 32.7 Å². The molecule has 1 aliphatic rings. The van der Waals surface area contributed by atoms with E-state index in [4.69, 9.17) is 10.8 Å². The zero-order chi connectivity index (χ0) is 10.8. The number of carbonyl (C=O) groups is 1. The van der Waals surface area contributed by atoms with Gasteiger partial charge in [-0.15, -0.1) is 0 Å². The molecular weight excluding hydrogens is 180 g/mol. The molecule has 0 saturated carbocycles. The molecule has 0 radical (unpaired) electrons. The van der Waals surface area contributed by atoms with Gasteiger partial charge in [-0.25, -0.2) is 0 Å². The molecule has 1 fully saturated rings. The Hall–Kier alpha value is -0.610. The summed E-state index contributed by atoms with van der Waals surface area (Å²) in [7, 11) is 0. The van der Waals surface area contributed by atoms with Crippen LogP contribution in [0.25, 0.3) is 0 Å². The number of hydrogen-bond donors (Lipinski definition) is 2. The van der Waals surface area contributed by atoms with Gasteiger partial charge in [-0.05, 0) is 31.3 Å². The molecule has 1 atom stereocenters. The van der Waals surface area contributed by atoms with Crippen LogP contribution in [0.5, 0.6) is 0 Å². The maximum atomic E-state index is 11.0. The van der Waals surface area contributed by atoms with E-state index in [1.165, 1.54) is 0 Å². The van der Waals surface area contributed by atoms with Crippen LogP contribution in [0.4, 0.5) is 0 Å². The van der Waals surface area contributed by atoms with Crippen molar-refractivity contribution in [3.05, 3.63) is 0 Å². The highest BCUT2D eigenvalue weighted by Gasteiger charge is 2.35. The van der Waals surface area contributed by atoms with Crippen molar-refractivity contribution in [2.24, 2.45) is 11.1 Å². The molecule has 1 saturated heterocycles. The van der Waals surface area contributed by atoms with Gasteiger partial charge in [0.05, 0.1) is 0 Å². The van der Waals surface area contributed by atoms with Gasteiger partial charge in [0.15, 0.2) is 0 Å². The van der Waals surface area contributed by atoms with Gasteiger partial charge in [0, 0.05) is 6.54 Å². The monoisotopic (exact) mass is 200 g/mol. The summed E-state index contributed by atoms with van der Waals surface area (Å²) in [6, 6.07) is -0.387. The number of nitrogens with two attached hydrogens (primary N) is 1. The Balaban J connectivity index is 2.58. The predicted molar refractivity (Wildman–Crippen MR) is 55.1 cm³/mol. The van der Waals surface area contributed by atoms with E-state index in [9.17, 15) is 4.79 Å². The molecule has 0 spiro atoms. The lowest BCUT2D eigenvalue weighted by Gasteiger charge is -2.25. The Kier molecular flexibility index (Phi) is 3.50. The average molecular weight is 200 g/mol. The third-order valence-corrected chi connectivity index (χ3v) is 2.87. The first-order valence-electron chi connectivity index (χ1n) is 5.13. The Bertz CT molecular complexity index is 216. The van der Waals surface area contributed by atoms with E-state index >= 15 is 0 Å². The fourth-order valence-corrected chi connectivity index (χ4v) is 2.04. The van der Waals surface area contributed by atoms with Crippen LogP contribution < -0.4 is 5.73 Å². The number of likely N-dealkylation sites (tertiary alicyclic amines) is 1. The molecule has 1 aliphatic heterocycles. The molecular formula is C10H20N2O2. The van der Waals surface area contributed by atoms with Crippen LogP contribution in [-0.2, 0) is 4.79 Å². The van der Waals surface area contributed by atoms with Crippen molar-refractivity contribution >= 4 is 5.97 Å². The van der Waals surface area contributed by atoms with Gasteiger partial charge in [0.25, 0.3) is 0 Å². The molecule has 14 heavy (non-hydrogen) atoms. The summed E-state index contributed by atoms with van der Waals surface area (Å²) in [4.78, 5) is 13.0. The smallest absolute Gasteiger partial charge is 0.320 e. The Labute approximate surface area is 85.1 Å². The topological polar surface area (TPSA) is 66.6 Å². The van der Waals surface area contributed by atoms with E-state index in [0.717, 1.165) is 19.5 Å². The minimum Gasteiger partial charge on any atom is -0.480 e. The third kappa shape index (κ3) is 2.69. The number of hydrogen-bond acceptors (Lipinski definition) is 3. The molecule has 4 nitrogen and oxygen atoms in total. The molecule has 1 unspecified atom stereocenters. The van der Waals surface area contributed by atoms with Crippen molar-refractivity contribution in [3.8, 4) is 0 Å². The molecule has 1 rings (SSSR count).